The van der Waals surface area contributed by atoms with E-state index in [1.807, 2.05) is 17.5 Å². The third-order valence-electron chi connectivity index (χ3n) is 6.01. The van der Waals surface area contributed by atoms with Crippen LogP contribution in [0.15, 0.2) is 63.9 Å². The third kappa shape index (κ3) is 5.92. The second kappa shape index (κ2) is 10.4. The summed E-state index contributed by atoms with van der Waals surface area (Å²) < 4.78 is 27.6. The summed E-state index contributed by atoms with van der Waals surface area (Å²) in [6.45, 7) is 7.79. The van der Waals surface area contributed by atoms with Crippen LogP contribution in [0.5, 0.6) is 0 Å². The van der Waals surface area contributed by atoms with Crippen LogP contribution in [0.3, 0.4) is 0 Å². The van der Waals surface area contributed by atoms with Gasteiger partial charge < -0.3 is 0 Å². The molecule has 1 fully saturated rings. The van der Waals surface area contributed by atoms with E-state index in [1.54, 1.807) is 22.7 Å². The maximum Gasteiger partial charge on any atom is 0.243 e. The summed E-state index contributed by atoms with van der Waals surface area (Å²) in [5, 5.41) is 6.92. The molecule has 1 N–H and O–H groups in total. The Morgan fingerprint density at radius 2 is 1.62 bits per heavy atom. The number of hydrogen-bond donors (Lipinski definition) is 1. The van der Waals surface area contributed by atoms with Crippen molar-refractivity contribution in [1.82, 2.24) is 9.29 Å². The molecule has 0 spiro atoms. The number of sulfonamides is 1. The van der Waals surface area contributed by atoms with Crippen LogP contribution in [-0.4, -0.2) is 37.0 Å². The first-order chi connectivity index (χ1) is 16.2. The Hall–Kier alpha value is -2.55. The molecule has 1 aromatic heterocycles. The van der Waals surface area contributed by atoms with Crippen molar-refractivity contribution in [1.29, 1.82) is 0 Å². The van der Waals surface area contributed by atoms with E-state index in [4.69, 9.17) is 0 Å². The van der Waals surface area contributed by atoms with E-state index in [0.29, 0.717) is 23.1 Å². The molecule has 2 aromatic carbocycles. The molecule has 4 rings (SSSR count). The molecule has 0 amide bonds. The van der Waals surface area contributed by atoms with Crippen molar-refractivity contribution in [3.63, 3.8) is 0 Å². The lowest BCUT2D eigenvalue weighted by Gasteiger charge is -2.19. The first kappa shape index (κ1) is 24.6. The van der Waals surface area contributed by atoms with Crippen LogP contribution in [0.4, 0.5) is 5.13 Å². The Morgan fingerprint density at radius 3 is 2.24 bits per heavy atom. The van der Waals surface area contributed by atoms with E-state index in [0.717, 1.165) is 42.5 Å². The molecule has 1 aliphatic rings. The predicted molar refractivity (Wildman–Crippen MR) is 141 cm³/mol. The lowest BCUT2D eigenvalue weighted by atomic mass is 9.87. The van der Waals surface area contributed by atoms with Crippen LogP contribution in [0.1, 0.15) is 57.6 Å². The zero-order chi connectivity index (χ0) is 24.2. The third-order valence-corrected chi connectivity index (χ3v) is 8.67. The van der Waals surface area contributed by atoms with E-state index < -0.39 is 10.0 Å². The molecule has 0 aliphatic carbocycles. The number of thiazole rings is 1. The van der Waals surface area contributed by atoms with Gasteiger partial charge in [-0.25, -0.2) is 13.4 Å². The number of nitrogens with one attached hydrogen (secondary N) is 1. The number of aromatic nitrogens is 1. The molecule has 6 nitrogen and oxygen atoms in total. The van der Waals surface area contributed by atoms with Gasteiger partial charge in [0, 0.05) is 24.0 Å². The fourth-order valence-electron chi connectivity index (χ4n) is 3.92. The number of nitrogens with zero attached hydrogens (tertiary/aromatic N) is 3. The SMILES string of the molecule is CC(C)(C)c1ccc(/C=N/Nc2nc(-c3ccc(S(=O)(=O)N4CCCCCC4)cc3)cs2)cc1. The van der Waals surface area contributed by atoms with Gasteiger partial charge in [0.2, 0.25) is 15.2 Å². The van der Waals surface area contributed by atoms with Crippen LogP contribution >= 0.6 is 11.3 Å². The molecule has 0 saturated carbocycles. The summed E-state index contributed by atoms with van der Waals surface area (Å²) in [4.78, 5) is 4.93. The Labute approximate surface area is 206 Å². The first-order valence-electron chi connectivity index (χ1n) is 11.7. The minimum atomic E-state index is -3.44. The highest BCUT2D eigenvalue weighted by Crippen LogP contribution is 2.27. The van der Waals surface area contributed by atoms with Gasteiger partial charge in [-0.15, -0.1) is 11.3 Å². The standard InChI is InChI=1S/C26H32N4O2S2/c1-26(2,3)22-12-8-20(9-13-22)18-27-29-25-28-24(19-33-25)21-10-14-23(15-11-21)34(31,32)30-16-6-4-5-7-17-30/h8-15,18-19H,4-7,16-17H2,1-3H3,(H,28,29)/b27-18+. The summed E-state index contributed by atoms with van der Waals surface area (Å²) in [5.74, 6) is 0. The topological polar surface area (TPSA) is 74.7 Å². The summed E-state index contributed by atoms with van der Waals surface area (Å²) >= 11 is 1.46. The molecule has 0 atom stereocenters. The van der Waals surface area contributed by atoms with Gasteiger partial charge in [0.05, 0.1) is 16.8 Å². The molecule has 180 valence electrons. The number of rotatable bonds is 6. The van der Waals surface area contributed by atoms with Crippen molar-refractivity contribution in [3.8, 4) is 11.3 Å². The first-order valence-corrected chi connectivity index (χ1v) is 14.0. The van der Waals surface area contributed by atoms with Gasteiger partial charge in [-0.05, 0) is 41.5 Å². The number of benzene rings is 2. The number of hydrogen-bond acceptors (Lipinski definition) is 6. The van der Waals surface area contributed by atoms with Gasteiger partial charge in [0.1, 0.15) is 0 Å². The highest BCUT2D eigenvalue weighted by atomic mass is 32.2. The van der Waals surface area contributed by atoms with E-state index >= 15 is 0 Å². The predicted octanol–water partition coefficient (Wildman–Crippen LogP) is 6.12. The molecular formula is C26H32N4O2S2. The zero-order valence-corrected chi connectivity index (χ0v) is 21.6. The monoisotopic (exact) mass is 496 g/mol. The van der Waals surface area contributed by atoms with Gasteiger partial charge in [-0.3, -0.25) is 5.43 Å². The lowest BCUT2D eigenvalue weighted by molar-refractivity contribution is 0.424. The highest BCUT2D eigenvalue weighted by Gasteiger charge is 2.25. The van der Waals surface area contributed by atoms with Crippen molar-refractivity contribution in [2.45, 2.75) is 56.8 Å². The fourth-order valence-corrected chi connectivity index (χ4v) is 6.10. The van der Waals surface area contributed by atoms with Crippen molar-refractivity contribution in [3.05, 3.63) is 65.0 Å². The average molecular weight is 497 g/mol. The summed E-state index contributed by atoms with van der Waals surface area (Å²) in [7, 11) is -3.44. The maximum absolute atomic E-state index is 13.0. The molecule has 3 aromatic rings. The maximum atomic E-state index is 13.0. The second-order valence-corrected chi connectivity index (χ2v) is 12.4. The van der Waals surface area contributed by atoms with Crippen molar-refractivity contribution < 1.29 is 8.42 Å². The zero-order valence-electron chi connectivity index (χ0n) is 20.0. The summed E-state index contributed by atoms with van der Waals surface area (Å²) in [5.41, 5.74) is 7.07. The van der Waals surface area contributed by atoms with E-state index in [2.05, 4.69) is 60.5 Å². The fraction of sp³-hybridized carbons (Fsp3) is 0.385. The van der Waals surface area contributed by atoms with Crippen LogP contribution in [0.25, 0.3) is 11.3 Å². The normalized spacial score (nSPS) is 16.0. The minimum Gasteiger partial charge on any atom is -0.253 e. The van der Waals surface area contributed by atoms with Crippen LogP contribution in [0.2, 0.25) is 0 Å². The van der Waals surface area contributed by atoms with Crippen LogP contribution < -0.4 is 5.43 Å². The summed E-state index contributed by atoms with van der Waals surface area (Å²) in [6, 6.07) is 15.4. The smallest absolute Gasteiger partial charge is 0.243 e. The molecular weight excluding hydrogens is 464 g/mol. The van der Waals surface area contributed by atoms with Gasteiger partial charge >= 0.3 is 0 Å². The van der Waals surface area contributed by atoms with Crippen molar-refractivity contribution in [2.24, 2.45) is 5.10 Å². The minimum absolute atomic E-state index is 0.126. The quantitative estimate of drug-likeness (QED) is 0.330. The lowest BCUT2D eigenvalue weighted by Crippen LogP contribution is -2.31. The second-order valence-electron chi connectivity index (χ2n) is 9.62. The van der Waals surface area contributed by atoms with Gasteiger partial charge in [-0.1, -0.05) is 70.0 Å². The Bertz CT molecular complexity index is 1220. The molecule has 1 aliphatic heterocycles. The Balaban J connectivity index is 1.39. The van der Waals surface area contributed by atoms with E-state index in [9.17, 15) is 8.42 Å². The van der Waals surface area contributed by atoms with Gasteiger partial charge in [-0.2, -0.15) is 9.41 Å². The molecule has 0 unspecified atom stereocenters. The molecule has 0 radical (unpaired) electrons. The number of hydrazone groups is 1. The average Bonchev–Trinajstić information content (AvgIpc) is 3.10. The highest BCUT2D eigenvalue weighted by molar-refractivity contribution is 7.89. The molecule has 8 heteroatoms. The van der Waals surface area contributed by atoms with Crippen molar-refractivity contribution >= 4 is 32.7 Å². The van der Waals surface area contributed by atoms with Gasteiger partial charge in [0.15, 0.2) is 0 Å². The largest absolute Gasteiger partial charge is 0.253 e. The molecule has 1 saturated heterocycles. The van der Waals surface area contributed by atoms with E-state index in [1.165, 1.54) is 16.9 Å². The van der Waals surface area contributed by atoms with E-state index in [-0.39, 0.29) is 5.41 Å². The Morgan fingerprint density at radius 1 is 0.971 bits per heavy atom. The molecule has 34 heavy (non-hydrogen) atoms. The molecule has 2 heterocycles. The summed E-state index contributed by atoms with van der Waals surface area (Å²) in [6.07, 6.45) is 5.82. The van der Waals surface area contributed by atoms with Gasteiger partial charge in [0.25, 0.3) is 0 Å². The Kier molecular flexibility index (Phi) is 7.50. The van der Waals surface area contributed by atoms with Crippen LogP contribution in [-0.2, 0) is 15.4 Å². The molecule has 0 bridgehead atoms. The number of anilines is 1. The van der Waals surface area contributed by atoms with Crippen LogP contribution in [0, 0.1) is 0 Å². The van der Waals surface area contributed by atoms with Crippen molar-refractivity contribution in [2.75, 3.05) is 18.5 Å².